The first-order chi connectivity index (χ1) is 8.77. The molecule has 3 nitrogen and oxygen atoms in total. The lowest BCUT2D eigenvalue weighted by atomic mass is 10.1. The minimum Gasteiger partial charge on any atom is -0.376 e. The van der Waals surface area contributed by atoms with Gasteiger partial charge in [0.25, 0.3) is 0 Å². The van der Waals surface area contributed by atoms with Crippen molar-refractivity contribution in [3.63, 3.8) is 0 Å². The zero-order valence-electron chi connectivity index (χ0n) is 10.2. The number of thiocarbonyl (C=S) groups is 1. The number of nitrogens with zero attached hydrogens (tertiary/aromatic N) is 2. The monoisotopic (exact) mass is 279 g/mol. The molecule has 1 aromatic rings. The summed E-state index contributed by atoms with van der Waals surface area (Å²) in [6.45, 7) is 1.72. The van der Waals surface area contributed by atoms with Gasteiger partial charge in [0.05, 0.1) is 0 Å². The molecule has 0 radical (unpaired) electrons. The van der Waals surface area contributed by atoms with Gasteiger partial charge in [-0.1, -0.05) is 42.1 Å². The molecular formula is C13H17N3S2. The molecule has 1 heterocycles. The Hall–Kier alpha value is -1.07. The zero-order chi connectivity index (χ0) is 12.8. The van der Waals surface area contributed by atoms with Crippen molar-refractivity contribution >= 4 is 34.3 Å². The van der Waals surface area contributed by atoms with Crippen molar-refractivity contribution in [2.24, 2.45) is 10.7 Å². The highest BCUT2D eigenvalue weighted by molar-refractivity contribution is 8.14. The molecule has 0 spiro atoms. The van der Waals surface area contributed by atoms with E-state index in [-0.39, 0.29) is 0 Å². The van der Waals surface area contributed by atoms with Crippen LogP contribution < -0.4 is 5.73 Å². The minimum atomic E-state index is 0.432. The predicted octanol–water partition coefficient (Wildman–Crippen LogP) is 2.27. The van der Waals surface area contributed by atoms with E-state index in [0.717, 1.165) is 36.9 Å². The van der Waals surface area contributed by atoms with Gasteiger partial charge in [0.2, 0.25) is 0 Å². The third-order valence-electron chi connectivity index (χ3n) is 2.76. The summed E-state index contributed by atoms with van der Waals surface area (Å²) >= 11 is 6.73. The van der Waals surface area contributed by atoms with E-state index >= 15 is 0 Å². The molecule has 2 rings (SSSR count). The first-order valence-corrected chi connectivity index (χ1v) is 7.45. The van der Waals surface area contributed by atoms with Crippen LogP contribution in [-0.4, -0.2) is 34.0 Å². The quantitative estimate of drug-likeness (QED) is 0.678. The Labute approximate surface area is 117 Å². The SMILES string of the molecule is NC(=S)N1CCS/C1=N/CCCc1ccccc1. The number of thioether (sulfide) groups is 1. The van der Waals surface area contributed by atoms with Gasteiger partial charge in [0.15, 0.2) is 10.3 Å². The molecule has 0 aliphatic carbocycles. The van der Waals surface area contributed by atoms with E-state index in [9.17, 15) is 0 Å². The summed E-state index contributed by atoms with van der Waals surface area (Å²) in [6, 6.07) is 10.5. The number of benzene rings is 1. The van der Waals surface area contributed by atoms with Gasteiger partial charge in [-0.2, -0.15) is 0 Å². The smallest absolute Gasteiger partial charge is 0.172 e. The third-order valence-corrected chi connectivity index (χ3v) is 3.97. The zero-order valence-corrected chi connectivity index (χ0v) is 11.8. The molecule has 2 N–H and O–H groups in total. The van der Waals surface area contributed by atoms with E-state index in [1.165, 1.54) is 5.56 Å². The van der Waals surface area contributed by atoms with Crippen molar-refractivity contribution in [2.75, 3.05) is 18.8 Å². The van der Waals surface area contributed by atoms with E-state index < -0.39 is 0 Å². The molecule has 5 heteroatoms. The molecule has 0 amide bonds. The molecule has 0 aromatic heterocycles. The second-order valence-electron chi connectivity index (χ2n) is 4.09. The highest BCUT2D eigenvalue weighted by atomic mass is 32.2. The summed E-state index contributed by atoms with van der Waals surface area (Å²) in [4.78, 5) is 6.50. The van der Waals surface area contributed by atoms with E-state index in [0.29, 0.717) is 5.11 Å². The van der Waals surface area contributed by atoms with Gasteiger partial charge >= 0.3 is 0 Å². The highest BCUT2D eigenvalue weighted by Crippen LogP contribution is 2.17. The summed E-state index contributed by atoms with van der Waals surface area (Å²) in [7, 11) is 0. The van der Waals surface area contributed by atoms with Gasteiger partial charge in [0.1, 0.15) is 0 Å². The van der Waals surface area contributed by atoms with Crippen LogP contribution in [0.5, 0.6) is 0 Å². The maximum Gasteiger partial charge on any atom is 0.172 e. The molecule has 0 atom stereocenters. The van der Waals surface area contributed by atoms with Crippen LogP contribution >= 0.6 is 24.0 Å². The van der Waals surface area contributed by atoms with Gasteiger partial charge in [-0.15, -0.1) is 0 Å². The fraction of sp³-hybridized carbons (Fsp3) is 0.385. The van der Waals surface area contributed by atoms with Gasteiger partial charge in [0, 0.05) is 18.8 Å². The second-order valence-corrected chi connectivity index (χ2v) is 5.57. The van der Waals surface area contributed by atoms with Crippen molar-refractivity contribution in [3.8, 4) is 0 Å². The Balaban J connectivity index is 1.79. The van der Waals surface area contributed by atoms with Crippen LogP contribution in [-0.2, 0) is 6.42 Å². The van der Waals surface area contributed by atoms with Crippen molar-refractivity contribution < 1.29 is 0 Å². The topological polar surface area (TPSA) is 41.6 Å². The molecule has 0 unspecified atom stereocenters. The molecule has 18 heavy (non-hydrogen) atoms. The van der Waals surface area contributed by atoms with Gasteiger partial charge in [-0.25, -0.2) is 0 Å². The molecule has 1 aliphatic rings. The second kappa shape index (κ2) is 6.75. The summed E-state index contributed by atoms with van der Waals surface area (Å²) in [5.41, 5.74) is 7.01. The van der Waals surface area contributed by atoms with Crippen LogP contribution in [0.1, 0.15) is 12.0 Å². The van der Waals surface area contributed by atoms with Crippen LogP contribution in [0.4, 0.5) is 0 Å². The molecule has 1 saturated heterocycles. The molecule has 96 valence electrons. The largest absolute Gasteiger partial charge is 0.376 e. The summed E-state index contributed by atoms with van der Waals surface area (Å²) in [5.74, 6) is 1.02. The molecular weight excluding hydrogens is 262 g/mol. The Kier molecular flexibility index (Phi) is 5.01. The highest BCUT2D eigenvalue weighted by Gasteiger charge is 2.20. The molecule has 0 saturated carbocycles. The number of hydrogen-bond acceptors (Lipinski definition) is 3. The van der Waals surface area contributed by atoms with Crippen LogP contribution in [0, 0.1) is 0 Å². The van der Waals surface area contributed by atoms with Gasteiger partial charge in [-0.05, 0) is 30.6 Å². The molecule has 0 bridgehead atoms. The van der Waals surface area contributed by atoms with E-state index in [4.69, 9.17) is 18.0 Å². The number of amidine groups is 1. The van der Waals surface area contributed by atoms with E-state index in [1.807, 2.05) is 11.0 Å². The summed E-state index contributed by atoms with van der Waals surface area (Å²) in [6.07, 6.45) is 2.12. The van der Waals surface area contributed by atoms with Crippen LogP contribution in [0.2, 0.25) is 0 Å². The summed E-state index contributed by atoms with van der Waals surface area (Å²) in [5, 5.41) is 1.41. The number of nitrogens with two attached hydrogens (primary N) is 1. The maximum atomic E-state index is 5.65. The number of aliphatic imine (C=N–C) groups is 1. The number of rotatable bonds is 4. The lowest BCUT2D eigenvalue weighted by Gasteiger charge is -2.14. The first-order valence-electron chi connectivity index (χ1n) is 6.05. The van der Waals surface area contributed by atoms with Gasteiger partial charge in [-0.3, -0.25) is 9.89 Å². The minimum absolute atomic E-state index is 0.432. The standard InChI is InChI=1S/C13H17N3S2/c14-12(17)16-9-10-18-13(16)15-8-4-7-11-5-2-1-3-6-11/h1-3,5-6H,4,7-10H2,(H2,14,17)/b15-13+. The Morgan fingerprint density at radius 3 is 2.89 bits per heavy atom. The average molecular weight is 279 g/mol. The molecule has 1 aliphatic heterocycles. The Morgan fingerprint density at radius 2 is 2.17 bits per heavy atom. The van der Waals surface area contributed by atoms with Crippen LogP contribution in [0.3, 0.4) is 0 Å². The van der Waals surface area contributed by atoms with Crippen molar-refractivity contribution in [1.82, 2.24) is 4.90 Å². The average Bonchev–Trinajstić information content (AvgIpc) is 2.84. The lowest BCUT2D eigenvalue weighted by Crippen LogP contribution is -2.36. The lowest BCUT2D eigenvalue weighted by molar-refractivity contribution is 0.674. The van der Waals surface area contributed by atoms with Gasteiger partial charge < -0.3 is 5.73 Å². The fourth-order valence-electron chi connectivity index (χ4n) is 1.84. The molecule has 1 aromatic carbocycles. The number of hydrogen-bond donors (Lipinski definition) is 1. The number of aryl methyl sites for hydroxylation is 1. The first kappa shape index (κ1) is 13.4. The third kappa shape index (κ3) is 3.71. The Morgan fingerprint density at radius 1 is 1.39 bits per heavy atom. The predicted molar refractivity (Wildman–Crippen MR) is 83.0 cm³/mol. The summed E-state index contributed by atoms with van der Waals surface area (Å²) < 4.78 is 0. The van der Waals surface area contributed by atoms with Crippen molar-refractivity contribution in [2.45, 2.75) is 12.8 Å². The van der Waals surface area contributed by atoms with E-state index in [1.54, 1.807) is 11.8 Å². The Bertz CT molecular complexity index is 431. The maximum absolute atomic E-state index is 5.65. The van der Waals surface area contributed by atoms with E-state index in [2.05, 4.69) is 29.3 Å². The normalized spacial score (nSPS) is 17.3. The molecule has 1 fully saturated rings. The fourth-order valence-corrected chi connectivity index (χ4v) is 3.06. The van der Waals surface area contributed by atoms with Crippen molar-refractivity contribution in [3.05, 3.63) is 35.9 Å². The van der Waals surface area contributed by atoms with Crippen LogP contribution in [0.15, 0.2) is 35.3 Å². The van der Waals surface area contributed by atoms with Crippen molar-refractivity contribution in [1.29, 1.82) is 0 Å². The van der Waals surface area contributed by atoms with Crippen LogP contribution in [0.25, 0.3) is 0 Å².